The van der Waals surface area contributed by atoms with Crippen molar-refractivity contribution in [1.29, 1.82) is 0 Å². The summed E-state index contributed by atoms with van der Waals surface area (Å²) in [4.78, 5) is 0. The quantitative estimate of drug-likeness (QED) is 0.572. The fourth-order valence-electron chi connectivity index (χ4n) is 0.698. The molecule has 0 aliphatic rings. The number of nitrogen functional groups attached to an aromatic ring is 1. The summed E-state index contributed by atoms with van der Waals surface area (Å²) < 4.78 is 0. The second-order valence-electron chi connectivity index (χ2n) is 1.95. The van der Waals surface area contributed by atoms with Crippen molar-refractivity contribution in [3.8, 4) is 0 Å². The zero-order valence-corrected chi connectivity index (χ0v) is 7.61. The maximum absolute atomic E-state index is 5.75. The van der Waals surface area contributed by atoms with Crippen LogP contribution in [0.5, 0.6) is 0 Å². The minimum atomic E-state index is 0.622. The molecule has 0 bridgehead atoms. The Morgan fingerprint density at radius 1 is 1.50 bits per heavy atom. The van der Waals surface area contributed by atoms with Gasteiger partial charge in [0.25, 0.3) is 0 Å². The van der Waals surface area contributed by atoms with E-state index in [1.165, 1.54) is 0 Å². The van der Waals surface area contributed by atoms with Crippen LogP contribution in [0.2, 0.25) is 5.02 Å². The molecular formula is C7H7BrClN. The van der Waals surface area contributed by atoms with Crippen molar-refractivity contribution in [2.24, 2.45) is 0 Å². The fourth-order valence-corrected chi connectivity index (χ4v) is 1.38. The van der Waals surface area contributed by atoms with Crippen LogP contribution in [0.25, 0.3) is 0 Å². The van der Waals surface area contributed by atoms with Crippen molar-refractivity contribution in [3.05, 3.63) is 28.8 Å². The summed E-state index contributed by atoms with van der Waals surface area (Å²) >= 11 is 9.05. The molecule has 0 aromatic heterocycles. The van der Waals surface area contributed by atoms with E-state index in [1.54, 1.807) is 6.07 Å². The molecule has 2 N–H and O–H groups in total. The molecule has 1 nitrogen and oxygen atoms in total. The maximum atomic E-state index is 5.75. The normalized spacial score (nSPS) is 9.80. The molecule has 0 aliphatic carbocycles. The van der Waals surface area contributed by atoms with Gasteiger partial charge < -0.3 is 5.73 Å². The lowest BCUT2D eigenvalue weighted by atomic mass is 10.2. The third-order valence-electron chi connectivity index (χ3n) is 1.29. The standard InChI is InChI=1S/C7H7BrClN/c8-4-5-2-1-3-6(9)7(5)10/h1-3H,4,10H2. The van der Waals surface area contributed by atoms with Crippen LogP contribution in [0.15, 0.2) is 18.2 Å². The number of halogens is 2. The molecule has 1 aromatic carbocycles. The van der Waals surface area contributed by atoms with Crippen molar-refractivity contribution in [3.63, 3.8) is 0 Å². The van der Waals surface area contributed by atoms with Crippen LogP contribution in [0, 0.1) is 0 Å². The number of para-hydroxylation sites is 1. The minimum absolute atomic E-state index is 0.622. The van der Waals surface area contributed by atoms with Crippen LogP contribution in [0.1, 0.15) is 5.56 Å². The van der Waals surface area contributed by atoms with E-state index in [0.29, 0.717) is 10.7 Å². The van der Waals surface area contributed by atoms with Crippen molar-refractivity contribution in [2.75, 3.05) is 5.73 Å². The zero-order valence-electron chi connectivity index (χ0n) is 5.27. The van der Waals surface area contributed by atoms with Crippen molar-refractivity contribution in [1.82, 2.24) is 0 Å². The second-order valence-corrected chi connectivity index (χ2v) is 2.91. The predicted molar refractivity (Wildman–Crippen MR) is 48.5 cm³/mol. The molecule has 1 rings (SSSR count). The first kappa shape index (κ1) is 7.89. The van der Waals surface area contributed by atoms with Gasteiger partial charge in [0, 0.05) is 5.33 Å². The molecule has 0 heterocycles. The van der Waals surface area contributed by atoms with E-state index in [0.717, 1.165) is 10.9 Å². The Kier molecular flexibility index (Phi) is 2.57. The molecule has 3 heteroatoms. The maximum Gasteiger partial charge on any atom is 0.0638 e. The monoisotopic (exact) mass is 219 g/mol. The average Bonchev–Trinajstić information content (AvgIpc) is 1.95. The average molecular weight is 220 g/mol. The van der Waals surface area contributed by atoms with Gasteiger partial charge in [-0.05, 0) is 11.6 Å². The number of anilines is 1. The summed E-state index contributed by atoms with van der Waals surface area (Å²) in [5.41, 5.74) is 7.33. The first-order valence-electron chi connectivity index (χ1n) is 2.84. The van der Waals surface area contributed by atoms with E-state index in [2.05, 4.69) is 15.9 Å². The Morgan fingerprint density at radius 2 is 2.20 bits per heavy atom. The Balaban J connectivity index is 3.14. The van der Waals surface area contributed by atoms with Crippen LogP contribution >= 0.6 is 27.5 Å². The molecule has 1 aromatic rings. The lowest BCUT2D eigenvalue weighted by Gasteiger charge is -2.01. The molecule has 0 saturated carbocycles. The molecule has 10 heavy (non-hydrogen) atoms. The molecule has 0 aliphatic heterocycles. The number of hydrogen-bond acceptors (Lipinski definition) is 1. The summed E-state index contributed by atoms with van der Waals surface area (Å²) in [6, 6.07) is 5.61. The van der Waals surface area contributed by atoms with E-state index in [4.69, 9.17) is 17.3 Å². The van der Waals surface area contributed by atoms with Crippen molar-refractivity contribution < 1.29 is 0 Å². The summed E-state index contributed by atoms with van der Waals surface area (Å²) in [6.07, 6.45) is 0. The van der Waals surface area contributed by atoms with Gasteiger partial charge in [-0.3, -0.25) is 0 Å². The third-order valence-corrected chi connectivity index (χ3v) is 2.22. The van der Waals surface area contributed by atoms with E-state index in [-0.39, 0.29) is 0 Å². The van der Waals surface area contributed by atoms with Gasteiger partial charge in [0.1, 0.15) is 0 Å². The topological polar surface area (TPSA) is 26.0 Å². The molecule has 0 atom stereocenters. The lowest BCUT2D eigenvalue weighted by Crippen LogP contribution is -1.91. The highest BCUT2D eigenvalue weighted by Crippen LogP contribution is 2.23. The van der Waals surface area contributed by atoms with E-state index in [1.807, 2.05) is 12.1 Å². The number of rotatable bonds is 1. The number of hydrogen-bond donors (Lipinski definition) is 1. The van der Waals surface area contributed by atoms with Gasteiger partial charge in [-0.15, -0.1) is 0 Å². The van der Waals surface area contributed by atoms with Crippen LogP contribution in [-0.4, -0.2) is 0 Å². The van der Waals surface area contributed by atoms with Gasteiger partial charge in [0.2, 0.25) is 0 Å². The van der Waals surface area contributed by atoms with Gasteiger partial charge in [-0.25, -0.2) is 0 Å². The second kappa shape index (κ2) is 3.26. The Hall–Kier alpha value is -0.210. The van der Waals surface area contributed by atoms with Gasteiger partial charge >= 0.3 is 0 Å². The number of benzene rings is 1. The third kappa shape index (κ3) is 1.44. The first-order valence-corrected chi connectivity index (χ1v) is 4.34. The number of alkyl halides is 1. The van der Waals surface area contributed by atoms with Crippen molar-refractivity contribution in [2.45, 2.75) is 5.33 Å². The minimum Gasteiger partial charge on any atom is -0.397 e. The molecule has 0 unspecified atom stereocenters. The highest BCUT2D eigenvalue weighted by Gasteiger charge is 1.99. The lowest BCUT2D eigenvalue weighted by molar-refractivity contribution is 1.44. The summed E-state index contributed by atoms with van der Waals surface area (Å²) in [5, 5.41) is 1.37. The van der Waals surface area contributed by atoms with Gasteiger partial charge in [-0.1, -0.05) is 39.7 Å². The van der Waals surface area contributed by atoms with E-state index in [9.17, 15) is 0 Å². The predicted octanol–water partition coefficient (Wildman–Crippen LogP) is 2.82. The molecular weight excluding hydrogens is 213 g/mol. The highest BCUT2D eigenvalue weighted by molar-refractivity contribution is 9.08. The first-order chi connectivity index (χ1) is 4.75. The van der Waals surface area contributed by atoms with E-state index < -0.39 is 0 Å². The molecule has 0 saturated heterocycles. The SMILES string of the molecule is Nc1c(Cl)cccc1CBr. The van der Waals surface area contributed by atoms with Crippen LogP contribution in [0.4, 0.5) is 5.69 Å². The largest absolute Gasteiger partial charge is 0.397 e. The number of nitrogens with two attached hydrogens (primary N) is 1. The summed E-state index contributed by atoms with van der Waals surface area (Å²) in [7, 11) is 0. The fraction of sp³-hybridized carbons (Fsp3) is 0.143. The zero-order chi connectivity index (χ0) is 7.56. The molecule has 54 valence electrons. The van der Waals surface area contributed by atoms with Crippen LogP contribution < -0.4 is 5.73 Å². The Labute approximate surface area is 73.3 Å². The summed E-state index contributed by atoms with van der Waals surface area (Å²) in [6.45, 7) is 0. The molecule has 0 amide bonds. The highest BCUT2D eigenvalue weighted by atomic mass is 79.9. The van der Waals surface area contributed by atoms with Gasteiger partial charge in [0.05, 0.1) is 10.7 Å². The van der Waals surface area contributed by atoms with Crippen LogP contribution in [-0.2, 0) is 5.33 Å². The van der Waals surface area contributed by atoms with Gasteiger partial charge in [-0.2, -0.15) is 0 Å². The van der Waals surface area contributed by atoms with Crippen molar-refractivity contribution >= 4 is 33.2 Å². The molecule has 0 radical (unpaired) electrons. The molecule has 0 spiro atoms. The Morgan fingerprint density at radius 3 is 2.70 bits per heavy atom. The van der Waals surface area contributed by atoms with Gasteiger partial charge in [0.15, 0.2) is 0 Å². The molecule has 0 fully saturated rings. The smallest absolute Gasteiger partial charge is 0.0638 e. The van der Waals surface area contributed by atoms with Crippen LogP contribution in [0.3, 0.4) is 0 Å². The Bertz CT molecular complexity index is 237. The van der Waals surface area contributed by atoms with E-state index >= 15 is 0 Å². The summed E-state index contributed by atoms with van der Waals surface area (Å²) in [5.74, 6) is 0.